The maximum atomic E-state index is 12.9. The summed E-state index contributed by atoms with van der Waals surface area (Å²) in [6.07, 6.45) is -2.53. The molecular formula is C12H12F3N3O2. The van der Waals surface area contributed by atoms with Gasteiger partial charge in [0, 0.05) is 18.9 Å². The Morgan fingerprint density at radius 3 is 2.80 bits per heavy atom. The van der Waals surface area contributed by atoms with Crippen molar-refractivity contribution in [3.05, 3.63) is 29.6 Å². The van der Waals surface area contributed by atoms with Crippen LogP contribution in [0.5, 0.6) is 0 Å². The highest BCUT2D eigenvalue weighted by molar-refractivity contribution is 6.02. The van der Waals surface area contributed by atoms with Gasteiger partial charge >= 0.3 is 12.3 Å². The van der Waals surface area contributed by atoms with Gasteiger partial charge < -0.3 is 4.74 Å². The number of halogens is 3. The van der Waals surface area contributed by atoms with E-state index in [-0.39, 0.29) is 18.1 Å². The van der Waals surface area contributed by atoms with Gasteiger partial charge in [0.15, 0.2) is 0 Å². The van der Waals surface area contributed by atoms with E-state index in [1.165, 1.54) is 4.90 Å². The molecule has 0 spiro atoms. The number of nitrogens with zero attached hydrogens (tertiary/aromatic N) is 3. The van der Waals surface area contributed by atoms with Crippen LogP contribution in [0.15, 0.2) is 23.5 Å². The van der Waals surface area contributed by atoms with Crippen LogP contribution >= 0.6 is 0 Å². The summed E-state index contributed by atoms with van der Waals surface area (Å²) < 4.78 is 43.5. The molecule has 0 radical (unpaired) electrons. The molecule has 1 amide bonds. The van der Waals surface area contributed by atoms with E-state index in [4.69, 9.17) is 4.74 Å². The molecule has 0 unspecified atom stereocenters. The van der Waals surface area contributed by atoms with Crippen molar-refractivity contribution in [3.8, 4) is 0 Å². The molecule has 5 nitrogen and oxygen atoms in total. The zero-order valence-electron chi connectivity index (χ0n) is 10.6. The molecule has 8 heteroatoms. The highest BCUT2D eigenvalue weighted by atomic mass is 19.4. The van der Waals surface area contributed by atoms with E-state index >= 15 is 0 Å². The van der Waals surface area contributed by atoms with E-state index in [2.05, 4.69) is 9.98 Å². The van der Waals surface area contributed by atoms with Crippen molar-refractivity contribution in [2.75, 3.05) is 13.2 Å². The first-order valence-corrected chi connectivity index (χ1v) is 5.96. The number of hydrogen-bond acceptors (Lipinski definition) is 4. The number of carbonyl (C=O) groups is 1. The van der Waals surface area contributed by atoms with Crippen LogP contribution < -0.4 is 0 Å². The smallest absolute Gasteiger partial charge is 0.391 e. The van der Waals surface area contributed by atoms with Gasteiger partial charge in [-0.05, 0) is 12.5 Å². The second-order valence-electron chi connectivity index (χ2n) is 4.16. The van der Waals surface area contributed by atoms with Crippen molar-refractivity contribution in [2.24, 2.45) is 4.99 Å². The van der Waals surface area contributed by atoms with Crippen LogP contribution in [0, 0.1) is 0 Å². The molecule has 2 heterocycles. The van der Waals surface area contributed by atoms with Gasteiger partial charge in [0.1, 0.15) is 6.67 Å². The van der Waals surface area contributed by atoms with E-state index in [0.717, 1.165) is 18.5 Å². The molecule has 2 rings (SSSR count). The lowest BCUT2D eigenvalue weighted by molar-refractivity contribution is -0.137. The SMILES string of the molecule is CCCN1CN=C(c2cnccc2C(F)(F)F)OC1=O. The van der Waals surface area contributed by atoms with Crippen LogP contribution in [0.2, 0.25) is 0 Å². The first-order chi connectivity index (χ1) is 9.43. The Labute approximate surface area is 113 Å². The third-order valence-corrected chi connectivity index (χ3v) is 2.68. The number of carbonyl (C=O) groups excluding carboxylic acids is 1. The molecule has 1 aromatic heterocycles. The number of amides is 1. The molecule has 1 aliphatic rings. The monoisotopic (exact) mass is 287 g/mol. The quantitative estimate of drug-likeness (QED) is 0.858. The lowest BCUT2D eigenvalue weighted by atomic mass is 10.1. The summed E-state index contributed by atoms with van der Waals surface area (Å²) in [4.78, 5) is 20.5. The second kappa shape index (κ2) is 5.48. The molecule has 108 valence electrons. The fourth-order valence-electron chi connectivity index (χ4n) is 1.77. The van der Waals surface area contributed by atoms with Crippen LogP contribution in [-0.2, 0) is 10.9 Å². The molecule has 0 aliphatic carbocycles. The number of alkyl halides is 3. The standard InChI is InChI=1S/C12H12F3N3O2/c1-2-5-18-7-17-10(20-11(18)19)8-6-16-4-3-9(8)12(13,14)15/h3-4,6H,2,5,7H2,1H3. The number of pyridine rings is 1. The number of aromatic nitrogens is 1. The second-order valence-corrected chi connectivity index (χ2v) is 4.16. The molecule has 0 aromatic carbocycles. The van der Waals surface area contributed by atoms with E-state index in [1.54, 1.807) is 0 Å². The van der Waals surface area contributed by atoms with Crippen LogP contribution in [0.3, 0.4) is 0 Å². The van der Waals surface area contributed by atoms with Gasteiger partial charge in [-0.15, -0.1) is 0 Å². The van der Waals surface area contributed by atoms with Gasteiger partial charge in [0.05, 0.1) is 11.1 Å². The Balaban J connectivity index is 2.32. The van der Waals surface area contributed by atoms with Crippen molar-refractivity contribution >= 4 is 12.0 Å². The molecule has 0 saturated heterocycles. The normalized spacial score (nSPS) is 15.9. The molecule has 0 saturated carbocycles. The van der Waals surface area contributed by atoms with Gasteiger partial charge in [0.2, 0.25) is 5.90 Å². The summed E-state index contributed by atoms with van der Waals surface area (Å²) in [5.74, 6) is -0.345. The summed E-state index contributed by atoms with van der Waals surface area (Å²) in [7, 11) is 0. The van der Waals surface area contributed by atoms with E-state index in [0.29, 0.717) is 13.0 Å². The van der Waals surface area contributed by atoms with Crippen molar-refractivity contribution in [1.82, 2.24) is 9.88 Å². The summed E-state index contributed by atoms with van der Waals surface area (Å²) >= 11 is 0. The van der Waals surface area contributed by atoms with E-state index in [1.807, 2.05) is 6.92 Å². The Hall–Kier alpha value is -2.12. The predicted molar refractivity (Wildman–Crippen MR) is 64.1 cm³/mol. The van der Waals surface area contributed by atoms with Crippen molar-refractivity contribution in [2.45, 2.75) is 19.5 Å². The molecule has 0 bridgehead atoms. The predicted octanol–water partition coefficient (Wildman–Crippen LogP) is 2.67. The van der Waals surface area contributed by atoms with Crippen molar-refractivity contribution in [3.63, 3.8) is 0 Å². The number of ether oxygens (including phenoxy) is 1. The molecular weight excluding hydrogens is 275 g/mol. The molecule has 1 aliphatic heterocycles. The first-order valence-electron chi connectivity index (χ1n) is 5.96. The summed E-state index contributed by atoms with van der Waals surface area (Å²) in [5.41, 5.74) is -1.26. The summed E-state index contributed by atoms with van der Waals surface area (Å²) in [5, 5.41) is 0. The minimum Gasteiger partial charge on any atom is -0.391 e. The van der Waals surface area contributed by atoms with Crippen molar-refractivity contribution < 1.29 is 22.7 Å². The highest BCUT2D eigenvalue weighted by Crippen LogP contribution is 2.32. The average molecular weight is 287 g/mol. The lowest BCUT2D eigenvalue weighted by Gasteiger charge is -2.25. The van der Waals surface area contributed by atoms with Crippen LogP contribution in [0.1, 0.15) is 24.5 Å². The molecule has 0 fully saturated rings. The Morgan fingerprint density at radius 2 is 2.20 bits per heavy atom. The topological polar surface area (TPSA) is 54.8 Å². The molecule has 1 aromatic rings. The van der Waals surface area contributed by atoms with Crippen LogP contribution in [-0.4, -0.2) is 35.1 Å². The van der Waals surface area contributed by atoms with Crippen LogP contribution in [0.25, 0.3) is 0 Å². The van der Waals surface area contributed by atoms with Gasteiger partial charge in [0.25, 0.3) is 0 Å². The summed E-state index contributed by atoms with van der Waals surface area (Å²) in [6, 6.07) is 0.824. The number of hydrogen-bond donors (Lipinski definition) is 0. The number of cyclic esters (lactones) is 1. The largest absolute Gasteiger partial charge is 0.418 e. The fraction of sp³-hybridized carbons (Fsp3) is 0.417. The zero-order valence-corrected chi connectivity index (χ0v) is 10.6. The summed E-state index contributed by atoms with van der Waals surface area (Å²) in [6.45, 7) is 2.29. The Morgan fingerprint density at radius 1 is 1.45 bits per heavy atom. The third kappa shape index (κ3) is 2.89. The van der Waals surface area contributed by atoms with Gasteiger partial charge in [-0.2, -0.15) is 13.2 Å². The number of aliphatic imine (C=N–C) groups is 1. The third-order valence-electron chi connectivity index (χ3n) is 2.68. The first kappa shape index (κ1) is 14.3. The average Bonchev–Trinajstić information content (AvgIpc) is 2.40. The zero-order chi connectivity index (χ0) is 14.8. The lowest BCUT2D eigenvalue weighted by Crippen LogP contribution is -2.39. The number of rotatable bonds is 3. The fourth-order valence-corrected chi connectivity index (χ4v) is 1.77. The minimum atomic E-state index is -4.56. The van der Waals surface area contributed by atoms with Gasteiger partial charge in [-0.3, -0.25) is 9.88 Å². The van der Waals surface area contributed by atoms with Gasteiger partial charge in [-0.1, -0.05) is 6.92 Å². The molecule has 0 N–H and O–H groups in total. The van der Waals surface area contributed by atoms with E-state index < -0.39 is 17.8 Å². The molecule has 20 heavy (non-hydrogen) atoms. The highest BCUT2D eigenvalue weighted by Gasteiger charge is 2.36. The maximum Gasteiger partial charge on any atom is 0.418 e. The minimum absolute atomic E-state index is 0.0196. The van der Waals surface area contributed by atoms with Crippen LogP contribution in [0.4, 0.5) is 18.0 Å². The Kier molecular flexibility index (Phi) is 3.91. The van der Waals surface area contributed by atoms with E-state index in [9.17, 15) is 18.0 Å². The van der Waals surface area contributed by atoms with Gasteiger partial charge in [-0.25, -0.2) is 9.79 Å². The van der Waals surface area contributed by atoms with Crippen molar-refractivity contribution in [1.29, 1.82) is 0 Å². The maximum absolute atomic E-state index is 12.9. The Bertz CT molecular complexity index is 543. The molecule has 0 atom stereocenters.